The van der Waals surface area contributed by atoms with Gasteiger partial charge in [-0.15, -0.1) is 5.10 Å². The van der Waals surface area contributed by atoms with Gasteiger partial charge in [0, 0.05) is 30.8 Å². The summed E-state index contributed by atoms with van der Waals surface area (Å²) >= 11 is 0. The predicted octanol–water partition coefficient (Wildman–Crippen LogP) is 3.73. The van der Waals surface area contributed by atoms with Crippen molar-refractivity contribution in [1.82, 2.24) is 35.3 Å². The van der Waals surface area contributed by atoms with Crippen molar-refractivity contribution in [2.24, 2.45) is 7.05 Å². The Kier molecular flexibility index (Phi) is 5.85. The number of benzene rings is 2. The van der Waals surface area contributed by atoms with Crippen molar-refractivity contribution in [2.75, 3.05) is 0 Å². The predicted molar refractivity (Wildman–Crippen MR) is 123 cm³/mol. The number of carbonyl (C=O) groups excluding carboxylic acids is 1. The number of aryl methyl sites for hydroxylation is 4. The molecule has 1 N–H and O–H groups in total. The number of nitrogens with zero attached hydrogens (tertiary/aromatic N) is 6. The van der Waals surface area contributed by atoms with Crippen molar-refractivity contribution in [3.05, 3.63) is 76.9 Å². The first-order valence-electron chi connectivity index (χ1n) is 10.7. The number of amides is 1. The summed E-state index contributed by atoms with van der Waals surface area (Å²) < 4.78 is 3.44. The van der Waals surface area contributed by atoms with Crippen LogP contribution in [0.4, 0.5) is 0 Å². The lowest BCUT2D eigenvalue weighted by Crippen LogP contribution is -2.27. The molecule has 0 bridgehead atoms. The third kappa shape index (κ3) is 4.30. The molecule has 0 radical (unpaired) electrons. The maximum atomic E-state index is 13.3. The van der Waals surface area contributed by atoms with Crippen molar-refractivity contribution in [3.63, 3.8) is 0 Å². The lowest BCUT2D eigenvalue weighted by molar-refractivity contribution is 0.0940. The number of hydrogen-bond acceptors (Lipinski definition) is 5. The zero-order valence-electron chi connectivity index (χ0n) is 19.0. The molecule has 4 rings (SSSR count). The molecule has 4 aromatic rings. The van der Waals surface area contributed by atoms with Crippen LogP contribution in [0.25, 0.3) is 16.8 Å². The fourth-order valence-electron chi connectivity index (χ4n) is 3.80. The Morgan fingerprint density at radius 1 is 1.09 bits per heavy atom. The summed E-state index contributed by atoms with van der Waals surface area (Å²) in [4.78, 5) is 13.3. The fourth-order valence-corrected chi connectivity index (χ4v) is 3.80. The van der Waals surface area contributed by atoms with E-state index in [0.29, 0.717) is 12.0 Å². The van der Waals surface area contributed by atoms with Crippen molar-refractivity contribution < 1.29 is 4.79 Å². The van der Waals surface area contributed by atoms with Crippen LogP contribution in [0.15, 0.2) is 48.7 Å². The monoisotopic (exact) mass is 429 g/mol. The minimum Gasteiger partial charge on any atom is -0.345 e. The molecule has 1 amide bonds. The lowest BCUT2D eigenvalue weighted by Gasteiger charge is -2.15. The number of rotatable bonds is 6. The number of aromatic nitrogens is 6. The summed E-state index contributed by atoms with van der Waals surface area (Å²) in [5.74, 6) is 0.568. The maximum Gasteiger partial charge on any atom is 0.251 e. The summed E-state index contributed by atoms with van der Waals surface area (Å²) in [6.45, 7) is 7.95. The summed E-state index contributed by atoms with van der Waals surface area (Å²) in [5.41, 5.74) is 6.31. The molecule has 0 fully saturated rings. The number of tetrazole rings is 1. The first-order chi connectivity index (χ1) is 15.4. The topological polar surface area (TPSA) is 90.5 Å². The summed E-state index contributed by atoms with van der Waals surface area (Å²) in [7, 11) is 1.87. The van der Waals surface area contributed by atoms with Gasteiger partial charge in [-0.05, 0) is 60.5 Å². The second-order valence-corrected chi connectivity index (χ2v) is 8.03. The maximum absolute atomic E-state index is 13.3. The second kappa shape index (κ2) is 8.74. The van der Waals surface area contributed by atoms with E-state index >= 15 is 0 Å². The number of nitrogens with one attached hydrogen (secondary N) is 1. The number of hydrogen-bond donors (Lipinski definition) is 1. The number of carbonyl (C=O) groups is 1. The van der Waals surface area contributed by atoms with Gasteiger partial charge in [0.2, 0.25) is 0 Å². The molecule has 2 aromatic heterocycles. The minimum absolute atomic E-state index is 0.165. The van der Waals surface area contributed by atoms with Gasteiger partial charge in [0.05, 0.1) is 17.4 Å². The molecule has 164 valence electrons. The Morgan fingerprint density at radius 2 is 1.84 bits per heavy atom. The van der Waals surface area contributed by atoms with Gasteiger partial charge in [0.15, 0.2) is 5.82 Å². The molecule has 0 aliphatic rings. The van der Waals surface area contributed by atoms with Crippen LogP contribution in [0.2, 0.25) is 0 Å². The average molecular weight is 430 g/mol. The molecule has 0 saturated carbocycles. The van der Waals surface area contributed by atoms with E-state index in [9.17, 15) is 4.79 Å². The highest BCUT2D eigenvalue weighted by molar-refractivity contribution is 5.96. The average Bonchev–Trinajstić information content (AvgIpc) is 3.39. The summed E-state index contributed by atoms with van der Waals surface area (Å²) in [5, 5.41) is 19.5. The van der Waals surface area contributed by atoms with Crippen molar-refractivity contribution in [3.8, 4) is 16.8 Å². The van der Waals surface area contributed by atoms with Crippen molar-refractivity contribution >= 4 is 5.91 Å². The van der Waals surface area contributed by atoms with E-state index in [-0.39, 0.29) is 11.9 Å². The van der Waals surface area contributed by atoms with Crippen LogP contribution in [0.3, 0.4) is 0 Å². The van der Waals surface area contributed by atoms with E-state index in [4.69, 9.17) is 0 Å². The molecule has 0 aliphatic carbocycles. The summed E-state index contributed by atoms with van der Waals surface area (Å²) in [6.07, 6.45) is 2.61. The third-order valence-corrected chi connectivity index (χ3v) is 5.53. The van der Waals surface area contributed by atoms with Gasteiger partial charge in [-0.2, -0.15) is 9.78 Å². The van der Waals surface area contributed by atoms with E-state index in [0.717, 1.165) is 33.9 Å². The highest BCUT2D eigenvalue weighted by Gasteiger charge is 2.18. The Labute approximate surface area is 187 Å². The molecule has 0 spiro atoms. The van der Waals surface area contributed by atoms with Crippen LogP contribution in [0.1, 0.15) is 52.9 Å². The largest absolute Gasteiger partial charge is 0.345 e. The fraction of sp³-hybridized carbons (Fsp3) is 0.292. The van der Waals surface area contributed by atoms with Crippen LogP contribution in [-0.4, -0.2) is 35.9 Å². The molecule has 1 atom stereocenters. The van der Waals surface area contributed by atoms with Gasteiger partial charge in [0.25, 0.3) is 5.91 Å². The minimum atomic E-state index is -0.179. The molecule has 32 heavy (non-hydrogen) atoms. The normalized spacial score (nSPS) is 12.0. The Morgan fingerprint density at radius 3 is 2.50 bits per heavy atom. The molecule has 8 heteroatoms. The van der Waals surface area contributed by atoms with Gasteiger partial charge >= 0.3 is 0 Å². The van der Waals surface area contributed by atoms with E-state index in [1.807, 2.05) is 52.2 Å². The van der Waals surface area contributed by atoms with E-state index < -0.39 is 0 Å². The smallest absolute Gasteiger partial charge is 0.251 e. The van der Waals surface area contributed by atoms with Gasteiger partial charge in [-0.1, -0.05) is 36.8 Å². The standard InChI is InChI=1S/C24H27N7O/c1-6-23-26-28-29-31(23)21-12-19(18-9-7-15(2)8-10-18)11-20(13-21)24(32)25-16(3)22-14-30(5)27-17(22)4/h7-14,16H,6H2,1-5H3,(H,25,32). The quantitative estimate of drug-likeness (QED) is 0.504. The highest BCUT2D eigenvalue weighted by atomic mass is 16.1. The molecule has 8 nitrogen and oxygen atoms in total. The molecule has 1 unspecified atom stereocenters. The Bertz CT molecular complexity index is 1250. The van der Waals surface area contributed by atoms with Crippen LogP contribution in [-0.2, 0) is 13.5 Å². The zero-order chi connectivity index (χ0) is 22.8. The zero-order valence-corrected chi connectivity index (χ0v) is 19.0. The molecular formula is C24H27N7O. The second-order valence-electron chi connectivity index (χ2n) is 8.03. The Balaban J connectivity index is 1.74. The van der Waals surface area contributed by atoms with Gasteiger partial charge in [-0.25, -0.2) is 0 Å². The van der Waals surface area contributed by atoms with Crippen molar-refractivity contribution in [1.29, 1.82) is 0 Å². The SMILES string of the molecule is CCc1nnnn1-c1cc(C(=O)NC(C)c2cn(C)nc2C)cc(-c2ccc(C)cc2)c1. The first kappa shape index (κ1) is 21.4. The summed E-state index contributed by atoms with van der Waals surface area (Å²) in [6, 6.07) is 13.8. The molecule has 0 saturated heterocycles. The van der Waals surface area contributed by atoms with Gasteiger partial charge < -0.3 is 5.32 Å². The highest BCUT2D eigenvalue weighted by Crippen LogP contribution is 2.26. The molecule has 2 aromatic carbocycles. The van der Waals surface area contributed by atoms with E-state index in [1.54, 1.807) is 9.36 Å². The van der Waals surface area contributed by atoms with Gasteiger partial charge in [0.1, 0.15) is 0 Å². The first-order valence-corrected chi connectivity index (χ1v) is 10.7. The van der Waals surface area contributed by atoms with Crippen LogP contribution < -0.4 is 5.32 Å². The molecule has 2 heterocycles. The van der Waals surface area contributed by atoms with E-state index in [2.05, 4.69) is 57.1 Å². The lowest BCUT2D eigenvalue weighted by atomic mass is 10.00. The molecule has 0 aliphatic heterocycles. The van der Waals surface area contributed by atoms with Crippen LogP contribution in [0, 0.1) is 13.8 Å². The van der Waals surface area contributed by atoms with E-state index in [1.165, 1.54) is 5.56 Å². The molecular weight excluding hydrogens is 402 g/mol. The van der Waals surface area contributed by atoms with Crippen molar-refractivity contribution in [2.45, 2.75) is 40.2 Å². The van der Waals surface area contributed by atoms with Gasteiger partial charge in [-0.3, -0.25) is 9.48 Å². The Hall–Kier alpha value is -3.81. The third-order valence-electron chi connectivity index (χ3n) is 5.53. The van der Waals surface area contributed by atoms with Crippen LogP contribution >= 0.6 is 0 Å². The van der Waals surface area contributed by atoms with Crippen LogP contribution in [0.5, 0.6) is 0 Å².